The number of hydrogen-bond donors (Lipinski definition) is 2. The van der Waals surface area contributed by atoms with Gasteiger partial charge in [0.25, 0.3) is 0 Å². The van der Waals surface area contributed by atoms with E-state index in [-0.39, 0.29) is 23.6 Å². The van der Waals surface area contributed by atoms with E-state index in [9.17, 15) is 13.2 Å². The number of aliphatic carboxylic acids is 1. The van der Waals surface area contributed by atoms with E-state index in [4.69, 9.17) is 5.11 Å². The molecule has 2 aliphatic carbocycles. The predicted molar refractivity (Wildman–Crippen MR) is 67.7 cm³/mol. The maximum Gasteiger partial charge on any atom is 0.303 e. The third-order valence-corrected chi connectivity index (χ3v) is 5.95. The van der Waals surface area contributed by atoms with Gasteiger partial charge in [0.05, 0.1) is 11.7 Å². The van der Waals surface area contributed by atoms with Crippen molar-refractivity contribution in [1.29, 1.82) is 0 Å². The second-order valence-electron chi connectivity index (χ2n) is 5.70. The number of hydrogen-bond acceptors (Lipinski definition) is 3. The number of carbonyl (C=O) groups is 1. The Morgan fingerprint density at radius 1 is 1.22 bits per heavy atom. The molecule has 0 aromatic heterocycles. The Bertz CT molecular complexity index is 408. The summed E-state index contributed by atoms with van der Waals surface area (Å²) in [6, 6.07) is 0. The molecular weight excluding hydrogens is 254 g/mol. The summed E-state index contributed by atoms with van der Waals surface area (Å²) >= 11 is 0. The van der Waals surface area contributed by atoms with E-state index < -0.39 is 16.0 Å². The fraction of sp³-hybridized carbons (Fsp3) is 0.917. The van der Waals surface area contributed by atoms with Gasteiger partial charge in [-0.15, -0.1) is 0 Å². The highest BCUT2D eigenvalue weighted by molar-refractivity contribution is 7.90. The van der Waals surface area contributed by atoms with Crippen LogP contribution < -0.4 is 4.72 Å². The molecule has 2 rings (SSSR count). The van der Waals surface area contributed by atoms with Gasteiger partial charge in [-0.1, -0.05) is 19.3 Å². The molecule has 0 aromatic rings. The molecule has 0 atom stereocenters. The third-order valence-electron chi connectivity index (χ3n) is 4.05. The fourth-order valence-electron chi connectivity index (χ4n) is 2.79. The van der Waals surface area contributed by atoms with Crippen molar-refractivity contribution < 1.29 is 18.3 Å². The van der Waals surface area contributed by atoms with Crippen LogP contribution in [0.25, 0.3) is 0 Å². The summed E-state index contributed by atoms with van der Waals surface area (Å²) in [5.74, 6) is -0.831. The summed E-state index contributed by atoms with van der Waals surface area (Å²) in [4.78, 5) is 11.0. The van der Waals surface area contributed by atoms with Crippen LogP contribution in [0.15, 0.2) is 0 Å². The number of rotatable bonds is 6. The van der Waals surface area contributed by atoms with Crippen molar-refractivity contribution in [2.45, 2.75) is 56.6 Å². The zero-order valence-corrected chi connectivity index (χ0v) is 11.3. The molecule has 2 aliphatic rings. The lowest BCUT2D eigenvalue weighted by Gasteiger charge is -2.36. The Morgan fingerprint density at radius 3 is 2.33 bits per heavy atom. The van der Waals surface area contributed by atoms with Crippen LogP contribution in [0.2, 0.25) is 0 Å². The van der Waals surface area contributed by atoms with E-state index in [1.54, 1.807) is 0 Å². The zero-order valence-electron chi connectivity index (χ0n) is 10.5. The lowest BCUT2D eigenvalue weighted by molar-refractivity contribution is -0.140. The molecule has 104 valence electrons. The molecule has 0 unspecified atom stereocenters. The highest BCUT2D eigenvalue weighted by atomic mass is 32.2. The third kappa shape index (κ3) is 3.45. The molecule has 18 heavy (non-hydrogen) atoms. The van der Waals surface area contributed by atoms with Gasteiger partial charge in [-0.25, -0.2) is 13.1 Å². The summed E-state index contributed by atoms with van der Waals surface area (Å²) in [6.45, 7) is 0.290. The molecule has 0 bridgehead atoms. The fourth-order valence-corrected chi connectivity index (χ4v) is 4.29. The first-order valence-corrected chi connectivity index (χ1v) is 8.19. The van der Waals surface area contributed by atoms with E-state index in [1.165, 1.54) is 0 Å². The molecule has 0 heterocycles. The van der Waals surface area contributed by atoms with Gasteiger partial charge < -0.3 is 5.11 Å². The van der Waals surface area contributed by atoms with Crippen molar-refractivity contribution >= 4 is 16.0 Å². The SMILES string of the molecule is O=C(O)CC1(CNS(=O)(=O)C2CC2)CCCCC1. The van der Waals surface area contributed by atoms with Gasteiger partial charge in [0, 0.05) is 6.54 Å². The number of carboxylic acid groups (broad SMARTS) is 1. The van der Waals surface area contributed by atoms with Crippen LogP contribution in [0.4, 0.5) is 0 Å². The lowest BCUT2D eigenvalue weighted by atomic mass is 9.72. The van der Waals surface area contributed by atoms with E-state index in [0.717, 1.165) is 44.9 Å². The van der Waals surface area contributed by atoms with Crippen LogP contribution in [-0.4, -0.2) is 31.3 Å². The lowest BCUT2D eigenvalue weighted by Crippen LogP contribution is -2.41. The first-order valence-electron chi connectivity index (χ1n) is 6.64. The predicted octanol–water partition coefficient (Wildman–Crippen LogP) is 1.49. The van der Waals surface area contributed by atoms with Crippen LogP contribution in [0, 0.1) is 5.41 Å². The first-order chi connectivity index (χ1) is 8.44. The summed E-state index contributed by atoms with van der Waals surface area (Å²) in [6.07, 6.45) is 6.29. The van der Waals surface area contributed by atoms with Gasteiger partial charge >= 0.3 is 5.97 Å². The monoisotopic (exact) mass is 275 g/mol. The molecular formula is C12H21NO4S. The minimum absolute atomic E-state index is 0.0696. The summed E-state index contributed by atoms with van der Waals surface area (Å²) < 4.78 is 26.3. The Balaban J connectivity index is 1.98. The van der Waals surface area contributed by atoms with Gasteiger partial charge in [0.15, 0.2) is 0 Å². The van der Waals surface area contributed by atoms with Gasteiger partial charge in [-0.05, 0) is 31.1 Å². The average molecular weight is 275 g/mol. The maximum absolute atomic E-state index is 11.8. The highest BCUT2D eigenvalue weighted by Gasteiger charge is 2.39. The largest absolute Gasteiger partial charge is 0.481 e. The second-order valence-corrected chi connectivity index (χ2v) is 7.74. The van der Waals surface area contributed by atoms with Crippen LogP contribution >= 0.6 is 0 Å². The highest BCUT2D eigenvalue weighted by Crippen LogP contribution is 2.39. The normalized spacial score (nSPS) is 23.8. The summed E-state index contributed by atoms with van der Waals surface area (Å²) in [5.41, 5.74) is -0.369. The topological polar surface area (TPSA) is 83.5 Å². The van der Waals surface area contributed by atoms with Crippen molar-refractivity contribution in [2.24, 2.45) is 5.41 Å². The number of carboxylic acids is 1. The average Bonchev–Trinajstić information content (AvgIpc) is 3.11. The minimum atomic E-state index is -3.20. The smallest absolute Gasteiger partial charge is 0.303 e. The molecule has 0 saturated heterocycles. The van der Waals surface area contributed by atoms with Crippen molar-refractivity contribution in [3.05, 3.63) is 0 Å². The van der Waals surface area contributed by atoms with E-state index in [1.807, 2.05) is 0 Å². The Labute approximate surface area is 108 Å². The molecule has 0 aromatic carbocycles. The van der Waals surface area contributed by atoms with E-state index >= 15 is 0 Å². The number of nitrogens with one attached hydrogen (secondary N) is 1. The molecule has 0 aliphatic heterocycles. The number of sulfonamides is 1. The second kappa shape index (κ2) is 5.17. The Hall–Kier alpha value is -0.620. The molecule has 0 amide bonds. The maximum atomic E-state index is 11.8. The van der Waals surface area contributed by atoms with Gasteiger partial charge in [0.2, 0.25) is 10.0 Å². The molecule has 0 spiro atoms. The van der Waals surface area contributed by atoms with Crippen molar-refractivity contribution in [3.8, 4) is 0 Å². The zero-order chi connectivity index (χ0) is 13.2. The van der Waals surface area contributed by atoms with E-state index in [0.29, 0.717) is 0 Å². The van der Waals surface area contributed by atoms with Crippen LogP contribution in [-0.2, 0) is 14.8 Å². The quantitative estimate of drug-likeness (QED) is 0.769. The molecule has 0 radical (unpaired) electrons. The standard InChI is InChI=1S/C12H21NO4S/c14-11(15)8-12(6-2-1-3-7-12)9-13-18(16,17)10-4-5-10/h10,13H,1-9H2,(H,14,15). The van der Waals surface area contributed by atoms with E-state index in [2.05, 4.69) is 4.72 Å². The van der Waals surface area contributed by atoms with Crippen molar-refractivity contribution in [2.75, 3.05) is 6.54 Å². The first kappa shape index (κ1) is 13.8. The van der Waals surface area contributed by atoms with Crippen molar-refractivity contribution in [1.82, 2.24) is 4.72 Å². The Kier molecular flexibility index (Phi) is 3.96. The molecule has 2 N–H and O–H groups in total. The summed E-state index contributed by atoms with van der Waals surface area (Å²) in [7, 11) is -3.20. The molecule has 2 saturated carbocycles. The van der Waals surface area contributed by atoms with Gasteiger partial charge in [0.1, 0.15) is 0 Å². The summed E-state index contributed by atoms with van der Waals surface area (Å²) in [5, 5.41) is 8.77. The van der Waals surface area contributed by atoms with Crippen molar-refractivity contribution in [3.63, 3.8) is 0 Å². The van der Waals surface area contributed by atoms with Gasteiger partial charge in [-0.3, -0.25) is 4.79 Å². The Morgan fingerprint density at radius 2 is 1.83 bits per heavy atom. The van der Waals surface area contributed by atoms with Crippen LogP contribution in [0.5, 0.6) is 0 Å². The molecule has 5 nitrogen and oxygen atoms in total. The molecule has 6 heteroatoms. The molecule has 2 fully saturated rings. The van der Waals surface area contributed by atoms with Crippen LogP contribution in [0.3, 0.4) is 0 Å². The van der Waals surface area contributed by atoms with Gasteiger partial charge in [-0.2, -0.15) is 0 Å². The minimum Gasteiger partial charge on any atom is -0.481 e. The van der Waals surface area contributed by atoms with Crippen LogP contribution in [0.1, 0.15) is 51.4 Å².